The van der Waals surface area contributed by atoms with Crippen molar-refractivity contribution in [3.8, 4) is 11.3 Å². The molecule has 3 aromatic rings. The van der Waals surface area contributed by atoms with Crippen molar-refractivity contribution < 1.29 is 0 Å². The van der Waals surface area contributed by atoms with E-state index in [4.69, 9.17) is 5.73 Å². The first-order valence-corrected chi connectivity index (χ1v) is 7.01. The van der Waals surface area contributed by atoms with Crippen LogP contribution in [0.2, 0.25) is 0 Å². The number of benzene rings is 1. The summed E-state index contributed by atoms with van der Waals surface area (Å²) in [4.78, 5) is 4.63. The number of anilines is 1. The van der Waals surface area contributed by atoms with E-state index in [0.29, 0.717) is 5.82 Å². The molecule has 3 nitrogen and oxygen atoms in total. The van der Waals surface area contributed by atoms with E-state index in [0.717, 1.165) is 27.8 Å². The van der Waals surface area contributed by atoms with Crippen molar-refractivity contribution in [1.29, 1.82) is 0 Å². The average Bonchev–Trinajstić information content (AvgIpc) is 2.78. The van der Waals surface area contributed by atoms with Gasteiger partial charge in [0, 0.05) is 11.8 Å². The Kier molecular flexibility index (Phi) is 3.03. The summed E-state index contributed by atoms with van der Waals surface area (Å²) in [5.74, 6) is 0.667. The van der Waals surface area contributed by atoms with E-state index in [-0.39, 0.29) is 0 Å². The van der Waals surface area contributed by atoms with Crippen LogP contribution in [0, 0.1) is 0 Å². The average molecular weight is 316 g/mol. The number of nitrogens with zero attached hydrogens (tertiary/aromatic N) is 2. The highest BCUT2D eigenvalue weighted by Gasteiger charge is 2.12. The van der Waals surface area contributed by atoms with Crippen LogP contribution in [-0.2, 0) is 6.42 Å². The van der Waals surface area contributed by atoms with E-state index >= 15 is 0 Å². The highest BCUT2D eigenvalue weighted by Crippen LogP contribution is 2.29. The standard InChI is InChI=1S/C15H14BrN3/c1-2-10-5-7-11(8-6-10)13-14(17)19-9-3-4-12(16)15(19)18-13/h3-9H,2,17H2,1H3. The fourth-order valence-electron chi connectivity index (χ4n) is 2.16. The van der Waals surface area contributed by atoms with E-state index in [2.05, 4.69) is 52.1 Å². The summed E-state index contributed by atoms with van der Waals surface area (Å²) < 4.78 is 2.84. The Morgan fingerprint density at radius 1 is 1.21 bits per heavy atom. The van der Waals surface area contributed by atoms with Crippen LogP contribution >= 0.6 is 15.9 Å². The van der Waals surface area contributed by atoms with Gasteiger partial charge in [0.2, 0.25) is 0 Å². The number of pyridine rings is 1. The SMILES string of the molecule is CCc1ccc(-c2nc3c(Br)cccn3c2N)cc1. The predicted octanol–water partition coefficient (Wildman–Crippen LogP) is 3.91. The van der Waals surface area contributed by atoms with Crippen LogP contribution in [0.3, 0.4) is 0 Å². The van der Waals surface area contributed by atoms with Gasteiger partial charge in [-0.25, -0.2) is 4.98 Å². The number of fused-ring (bicyclic) bond motifs is 1. The molecule has 1 aromatic carbocycles. The number of halogens is 1. The number of imidazole rings is 1. The van der Waals surface area contributed by atoms with Gasteiger partial charge in [0.1, 0.15) is 11.5 Å². The zero-order chi connectivity index (χ0) is 13.4. The molecule has 0 bridgehead atoms. The lowest BCUT2D eigenvalue weighted by Crippen LogP contribution is -1.93. The predicted molar refractivity (Wildman–Crippen MR) is 82.1 cm³/mol. The molecule has 2 aromatic heterocycles. The van der Waals surface area contributed by atoms with Gasteiger partial charge in [-0.05, 0) is 40.0 Å². The molecule has 2 heterocycles. The molecule has 0 unspecified atom stereocenters. The minimum atomic E-state index is 0.667. The molecule has 3 rings (SSSR count). The fraction of sp³-hybridized carbons (Fsp3) is 0.133. The third-order valence-corrected chi connectivity index (χ3v) is 3.89. The summed E-state index contributed by atoms with van der Waals surface area (Å²) in [6.45, 7) is 2.14. The summed E-state index contributed by atoms with van der Waals surface area (Å²) in [5, 5.41) is 0. The van der Waals surface area contributed by atoms with Crippen LogP contribution in [0.4, 0.5) is 5.82 Å². The van der Waals surface area contributed by atoms with Gasteiger partial charge in [0.05, 0.1) is 4.47 Å². The van der Waals surface area contributed by atoms with Crippen molar-refractivity contribution in [3.63, 3.8) is 0 Å². The van der Waals surface area contributed by atoms with Crippen LogP contribution in [0.15, 0.2) is 47.1 Å². The molecule has 0 saturated heterocycles. The molecular formula is C15H14BrN3. The molecule has 19 heavy (non-hydrogen) atoms. The van der Waals surface area contributed by atoms with E-state index in [9.17, 15) is 0 Å². The summed E-state index contributed by atoms with van der Waals surface area (Å²) in [5.41, 5.74) is 10.2. The zero-order valence-corrected chi connectivity index (χ0v) is 12.2. The highest BCUT2D eigenvalue weighted by molar-refractivity contribution is 9.10. The molecule has 0 atom stereocenters. The van der Waals surface area contributed by atoms with Crippen LogP contribution in [0.25, 0.3) is 16.9 Å². The summed E-state index contributed by atoms with van der Waals surface area (Å²) in [6, 6.07) is 12.3. The molecule has 0 radical (unpaired) electrons. The van der Waals surface area contributed by atoms with Crippen molar-refractivity contribution in [3.05, 3.63) is 52.6 Å². The molecular weight excluding hydrogens is 302 g/mol. The van der Waals surface area contributed by atoms with Gasteiger partial charge in [-0.1, -0.05) is 31.2 Å². The first-order chi connectivity index (χ1) is 9.20. The number of rotatable bonds is 2. The number of nitrogen functional groups attached to an aromatic ring is 1. The lowest BCUT2D eigenvalue weighted by molar-refractivity contribution is 1.14. The van der Waals surface area contributed by atoms with Crippen molar-refractivity contribution in [1.82, 2.24) is 9.38 Å². The Labute approximate surface area is 120 Å². The number of hydrogen-bond donors (Lipinski definition) is 1. The molecule has 0 fully saturated rings. The molecule has 2 N–H and O–H groups in total. The van der Waals surface area contributed by atoms with Crippen molar-refractivity contribution in [2.45, 2.75) is 13.3 Å². The van der Waals surface area contributed by atoms with Gasteiger partial charge < -0.3 is 5.73 Å². The van der Waals surface area contributed by atoms with E-state index in [1.807, 2.05) is 22.7 Å². The molecule has 0 aliphatic heterocycles. The van der Waals surface area contributed by atoms with E-state index in [1.54, 1.807) is 0 Å². The van der Waals surface area contributed by atoms with Gasteiger partial charge in [-0.2, -0.15) is 0 Å². The minimum absolute atomic E-state index is 0.667. The normalized spacial score (nSPS) is 11.1. The first kappa shape index (κ1) is 12.2. The third-order valence-electron chi connectivity index (χ3n) is 3.27. The Morgan fingerprint density at radius 3 is 2.58 bits per heavy atom. The van der Waals surface area contributed by atoms with Gasteiger partial charge in [-0.15, -0.1) is 0 Å². The molecule has 0 spiro atoms. The number of aromatic nitrogens is 2. The molecule has 4 heteroatoms. The van der Waals surface area contributed by atoms with Gasteiger partial charge in [0.25, 0.3) is 0 Å². The van der Waals surface area contributed by atoms with Crippen LogP contribution in [-0.4, -0.2) is 9.38 Å². The van der Waals surface area contributed by atoms with Crippen LogP contribution in [0.1, 0.15) is 12.5 Å². The van der Waals surface area contributed by atoms with Crippen LogP contribution in [0.5, 0.6) is 0 Å². The Bertz CT molecular complexity index is 729. The number of aryl methyl sites for hydroxylation is 1. The van der Waals surface area contributed by atoms with Gasteiger partial charge in [-0.3, -0.25) is 4.40 Å². The summed E-state index contributed by atoms with van der Waals surface area (Å²) >= 11 is 3.50. The molecule has 0 aliphatic carbocycles. The lowest BCUT2D eigenvalue weighted by atomic mass is 10.1. The maximum atomic E-state index is 6.19. The molecule has 0 saturated carbocycles. The largest absolute Gasteiger partial charge is 0.383 e. The topological polar surface area (TPSA) is 43.3 Å². The Morgan fingerprint density at radius 2 is 1.95 bits per heavy atom. The first-order valence-electron chi connectivity index (χ1n) is 6.22. The van der Waals surface area contributed by atoms with E-state index in [1.165, 1.54) is 5.56 Å². The van der Waals surface area contributed by atoms with Crippen LogP contribution < -0.4 is 5.73 Å². The second-order valence-electron chi connectivity index (χ2n) is 4.45. The smallest absolute Gasteiger partial charge is 0.153 e. The molecule has 0 aliphatic rings. The minimum Gasteiger partial charge on any atom is -0.383 e. The number of nitrogens with two attached hydrogens (primary N) is 1. The van der Waals surface area contributed by atoms with Crippen molar-refractivity contribution >= 4 is 27.4 Å². The number of hydrogen-bond acceptors (Lipinski definition) is 2. The second-order valence-corrected chi connectivity index (χ2v) is 5.30. The quantitative estimate of drug-likeness (QED) is 0.779. The second kappa shape index (κ2) is 4.70. The van der Waals surface area contributed by atoms with Crippen molar-refractivity contribution in [2.75, 3.05) is 5.73 Å². The van der Waals surface area contributed by atoms with Gasteiger partial charge >= 0.3 is 0 Å². The maximum absolute atomic E-state index is 6.19. The monoisotopic (exact) mass is 315 g/mol. The highest BCUT2D eigenvalue weighted by atomic mass is 79.9. The summed E-state index contributed by atoms with van der Waals surface area (Å²) in [6.07, 6.45) is 2.96. The van der Waals surface area contributed by atoms with Crippen molar-refractivity contribution in [2.24, 2.45) is 0 Å². The maximum Gasteiger partial charge on any atom is 0.153 e. The summed E-state index contributed by atoms with van der Waals surface area (Å²) in [7, 11) is 0. The van der Waals surface area contributed by atoms with Gasteiger partial charge in [0.15, 0.2) is 5.65 Å². The molecule has 0 amide bonds. The third kappa shape index (κ3) is 2.02. The fourth-order valence-corrected chi connectivity index (χ4v) is 2.60. The van der Waals surface area contributed by atoms with E-state index < -0.39 is 0 Å². The zero-order valence-electron chi connectivity index (χ0n) is 10.6. The molecule has 96 valence electrons. The Balaban J connectivity index is 2.19. The Hall–Kier alpha value is -1.81. The lowest BCUT2D eigenvalue weighted by Gasteiger charge is -2.01.